The molecule has 0 heterocycles. The highest BCUT2D eigenvalue weighted by atomic mass is 19.1. The van der Waals surface area contributed by atoms with Gasteiger partial charge in [0.15, 0.2) is 11.6 Å². The monoisotopic (exact) mass is 289 g/mol. The molecule has 2 aromatic rings. The highest BCUT2D eigenvalue weighted by Crippen LogP contribution is 2.29. The maximum Gasteiger partial charge on any atom is 0.168 e. The van der Waals surface area contributed by atoms with E-state index in [0.29, 0.717) is 12.0 Å². The zero-order chi connectivity index (χ0) is 15.4. The summed E-state index contributed by atoms with van der Waals surface area (Å²) in [6.07, 6.45) is 0.378. The predicted octanol–water partition coefficient (Wildman–Crippen LogP) is 3.39. The molecule has 1 unspecified atom stereocenters. The second-order valence-corrected chi connectivity index (χ2v) is 4.99. The summed E-state index contributed by atoms with van der Waals surface area (Å²) < 4.78 is 24.5. The number of aryl methyl sites for hydroxylation is 1. The fraction of sp³-hybridized carbons (Fsp3) is 0.294. The molecule has 0 aliphatic heterocycles. The molecule has 0 fully saturated rings. The van der Waals surface area contributed by atoms with Crippen molar-refractivity contribution < 1.29 is 13.9 Å². The van der Waals surface area contributed by atoms with E-state index in [1.807, 2.05) is 25.1 Å². The van der Waals surface area contributed by atoms with Crippen LogP contribution in [-0.2, 0) is 6.42 Å². The number of nitrogens with two attached hydrogens (primary N) is 1. The van der Waals surface area contributed by atoms with Crippen molar-refractivity contribution in [3.63, 3.8) is 0 Å². The van der Waals surface area contributed by atoms with E-state index in [-0.39, 0.29) is 17.6 Å². The number of ether oxygens (including phenoxy) is 2. The van der Waals surface area contributed by atoms with Gasteiger partial charge in [0, 0.05) is 11.6 Å². The van der Waals surface area contributed by atoms with Crippen LogP contribution in [0.2, 0.25) is 0 Å². The fourth-order valence-corrected chi connectivity index (χ4v) is 2.36. The third-order valence-corrected chi connectivity index (χ3v) is 3.49. The molecule has 2 N–H and O–H groups in total. The van der Waals surface area contributed by atoms with Crippen molar-refractivity contribution in [2.45, 2.75) is 19.4 Å². The summed E-state index contributed by atoms with van der Waals surface area (Å²) >= 11 is 0. The van der Waals surface area contributed by atoms with Crippen molar-refractivity contribution in [2.75, 3.05) is 14.2 Å². The highest BCUT2D eigenvalue weighted by molar-refractivity contribution is 5.40. The van der Waals surface area contributed by atoms with Gasteiger partial charge in [-0.1, -0.05) is 29.8 Å². The van der Waals surface area contributed by atoms with Crippen molar-refractivity contribution in [2.24, 2.45) is 5.73 Å². The van der Waals surface area contributed by atoms with E-state index in [9.17, 15) is 4.39 Å². The Balaban J connectivity index is 2.30. The number of benzene rings is 2. The smallest absolute Gasteiger partial charge is 0.168 e. The van der Waals surface area contributed by atoms with E-state index in [2.05, 4.69) is 0 Å². The lowest BCUT2D eigenvalue weighted by atomic mass is 9.97. The summed E-state index contributed by atoms with van der Waals surface area (Å²) in [4.78, 5) is 0. The molecule has 0 aromatic heterocycles. The minimum Gasteiger partial charge on any atom is -0.496 e. The van der Waals surface area contributed by atoms with Gasteiger partial charge in [0.2, 0.25) is 0 Å². The first-order chi connectivity index (χ1) is 10.1. The molecule has 4 heteroatoms. The third-order valence-electron chi connectivity index (χ3n) is 3.49. The Kier molecular flexibility index (Phi) is 4.81. The van der Waals surface area contributed by atoms with Gasteiger partial charge >= 0.3 is 0 Å². The number of hydrogen-bond donors (Lipinski definition) is 1. The summed E-state index contributed by atoms with van der Waals surface area (Å²) in [7, 11) is 3.05. The largest absolute Gasteiger partial charge is 0.496 e. The summed E-state index contributed by atoms with van der Waals surface area (Å²) in [5.41, 5.74) is 8.74. The zero-order valence-electron chi connectivity index (χ0n) is 12.5. The van der Waals surface area contributed by atoms with Gasteiger partial charge < -0.3 is 15.2 Å². The number of rotatable bonds is 5. The minimum absolute atomic E-state index is 0.232. The van der Waals surface area contributed by atoms with Crippen molar-refractivity contribution in [3.05, 3.63) is 58.9 Å². The Morgan fingerprint density at radius 1 is 1.10 bits per heavy atom. The van der Waals surface area contributed by atoms with Crippen LogP contribution in [0.15, 0.2) is 36.4 Å². The molecule has 0 saturated carbocycles. The molecular weight excluding hydrogens is 269 g/mol. The zero-order valence-corrected chi connectivity index (χ0v) is 12.5. The molecule has 0 saturated heterocycles. The molecule has 0 aliphatic carbocycles. The lowest BCUT2D eigenvalue weighted by Crippen LogP contribution is -2.15. The Morgan fingerprint density at radius 2 is 1.81 bits per heavy atom. The molecule has 0 spiro atoms. The van der Waals surface area contributed by atoms with E-state index in [1.54, 1.807) is 25.3 Å². The van der Waals surface area contributed by atoms with E-state index in [1.165, 1.54) is 7.11 Å². The standard InChI is InChI=1S/C17H20FNO2/c1-11-7-8-15(20-2)13(9-11)14(19)10-12-5-4-6-16(21-3)17(12)18/h4-9,14H,10,19H2,1-3H3. The summed E-state index contributed by atoms with van der Waals surface area (Å²) in [5.74, 6) is 0.592. The van der Waals surface area contributed by atoms with Crippen LogP contribution in [0.25, 0.3) is 0 Å². The van der Waals surface area contributed by atoms with E-state index >= 15 is 0 Å². The van der Waals surface area contributed by atoms with Gasteiger partial charge in [0.25, 0.3) is 0 Å². The maximum atomic E-state index is 14.2. The van der Waals surface area contributed by atoms with Crippen LogP contribution in [0.5, 0.6) is 11.5 Å². The number of hydrogen-bond acceptors (Lipinski definition) is 3. The Labute approximate surface area is 124 Å². The normalized spacial score (nSPS) is 12.0. The summed E-state index contributed by atoms with van der Waals surface area (Å²) in [5, 5.41) is 0. The van der Waals surface area contributed by atoms with Gasteiger partial charge in [-0.3, -0.25) is 0 Å². The van der Waals surface area contributed by atoms with Gasteiger partial charge in [-0.05, 0) is 31.0 Å². The molecular formula is C17H20FNO2. The molecule has 0 radical (unpaired) electrons. The van der Waals surface area contributed by atoms with Crippen molar-refractivity contribution in [3.8, 4) is 11.5 Å². The fourth-order valence-electron chi connectivity index (χ4n) is 2.36. The topological polar surface area (TPSA) is 44.5 Å². The molecule has 112 valence electrons. The average Bonchev–Trinajstić information content (AvgIpc) is 2.49. The first-order valence-electron chi connectivity index (χ1n) is 6.78. The predicted molar refractivity (Wildman–Crippen MR) is 81.3 cm³/mol. The van der Waals surface area contributed by atoms with Gasteiger partial charge in [-0.2, -0.15) is 0 Å². The van der Waals surface area contributed by atoms with Gasteiger partial charge in [-0.25, -0.2) is 4.39 Å². The molecule has 3 nitrogen and oxygen atoms in total. The van der Waals surface area contributed by atoms with Crippen LogP contribution >= 0.6 is 0 Å². The lowest BCUT2D eigenvalue weighted by Gasteiger charge is -2.17. The van der Waals surface area contributed by atoms with Gasteiger partial charge in [0.1, 0.15) is 5.75 Å². The van der Waals surface area contributed by atoms with Crippen molar-refractivity contribution >= 4 is 0 Å². The molecule has 21 heavy (non-hydrogen) atoms. The molecule has 0 bridgehead atoms. The third kappa shape index (κ3) is 3.34. The first kappa shape index (κ1) is 15.3. The Hall–Kier alpha value is -2.07. The van der Waals surface area contributed by atoms with E-state index in [0.717, 1.165) is 16.9 Å². The summed E-state index contributed by atoms with van der Waals surface area (Å²) in [6, 6.07) is 10.5. The molecule has 1 atom stereocenters. The molecule has 0 amide bonds. The Bertz CT molecular complexity index is 628. The molecule has 2 aromatic carbocycles. The van der Waals surface area contributed by atoms with Crippen LogP contribution in [-0.4, -0.2) is 14.2 Å². The van der Waals surface area contributed by atoms with Gasteiger partial charge in [0.05, 0.1) is 14.2 Å². The SMILES string of the molecule is COc1ccc(C)cc1C(N)Cc1cccc(OC)c1F. The lowest BCUT2D eigenvalue weighted by molar-refractivity contribution is 0.383. The Morgan fingerprint density at radius 3 is 2.48 bits per heavy atom. The highest BCUT2D eigenvalue weighted by Gasteiger charge is 2.16. The summed E-state index contributed by atoms with van der Waals surface area (Å²) in [6.45, 7) is 1.99. The van der Waals surface area contributed by atoms with E-state index < -0.39 is 0 Å². The minimum atomic E-state index is -0.359. The van der Waals surface area contributed by atoms with Crippen molar-refractivity contribution in [1.29, 1.82) is 0 Å². The van der Waals surface area contributed by atoms with E-state index in [4.69, 9.17) is 15.2 Å². The van der Waals surface area contributed by atoms with Crippen LogP contribution in [0.4, 0.5) is 4.39 Å². The number of halogens is 1. The van der Waals surface area contributed by atoms with Crippen LogP contribution < -0.4 is 15.2 Å². The second kappa shape index (κ2) is 6.59. The van der Waals surface area contributed by atoms with Crippen LogP contribution in [0.1, 0.15) is 22.7 Å². The average molecular weight is 289 g/mol. The van der Waals surface area contributed by atoms with Crippen molar-refractivity contribution in [1.82, 2.24) is 0 Å². The maximum absolute atomic E-state index is 14.2. The molecule has 0 aliphatic rings. The second-order valence-electron chi connectivity index (χ2n) is 4.99. The quantitative estimate of drug-likeness (QED) is 0.917. The number of methoxy groups -OCH3 is 2. The van der Waals surface area contributed by atoms with Gasteiger partial charge in [-0.15, -0.1) is 0 Å². The van der Waals surface area contributed by atoms with Crippen LogP contribution in [0.3, 0.4) is 0 Å². The first-order valence-corrected chi connectivity index (χ1v) is 6.78. The molecule has 2 rings (SSSR count). The van der Waals surface area contributed by atoms with Crippen LogP contribution in [0, 0.1) is 12.7 Å².